The maximum absolute atomic E-state index is 12.6. The van der Waals surface area contributed by atoms with Gasteiger partial charge in [-0.05, 0) is 29.8 Å². The zero-order valence-electron chi connectivity index (χ0n) is 12.7. The van der Waals surface area contributed by atoms with Gasteiger partial charge in [0.1, 0.15) is 5.69 Å². The lowest BCUT2D eigenvalue weighted by Gasteiger charge is -2.11. The molecule has 24 heavy (non-hydrogen) atoms. The largest absolute Gasteiger partial charge is 0.315 e. The molecule has 0 aliphatic carbocycles. The number of aromatic nitrogens is 3. The number of hydrogen-bond acceptors (Lipinski definition) is 5. The van der Waals surface area contributed by atoms with E-state index < -0.39 is 10.0 Å². The standard InChI is InChI=1S/C15H13N5O3S/c1-19-13-4-3-11(7-10(13)8-14(19)21)24(22,23)18-12-9-17-20-6-2-5-16-15(12)20/h2-7,9,18H,8H2,1H3. The van der Waals surface area contributed by atoms with Crippen LogP contribution in [0.1, 0.15) is 5.56 Å². The number of rotatable bonds is 3. The summed E-state index contributed by atoms with van der Waals surface area (Å²) in [5.74, 6) is -0.0562. The van der Waals surface area contributed by atoms with Crippen molar-refractivity contribution >= 4 is 33.0 Å². The van der Waals surface area contributed by atoms with E-state index in [1.807, 2.05) is 0 Å². The van der Waals surface area contributed by atoms with E-state index in [1.165, 1.54) is 27.7 Å². The molecule has 3 heterocycles. The Balaban J connectivity index is 1.71. The van der Waals surface area contributed by atoms with Crippen LogP contribution in [0.3, 0.4) is 0 Å². The number of amides is 1. The van der Waals surface area contributed by atoms with Gasteiger partial charge in [-0.2, -0.15) is 5.10 Å². The number of carbonyl (C=O) groups excluding carboxylic acids is 1. The summed E-state index contributed by atoms with van der Waals surface area (Å²) in [6.07, 6.45) is 4.85. The fourth-order valence-corrected chi connectivity index (χ4v) is 3.81. The summed E-state index contributed by atoms with van der Waals surface area (Å²) in [5, 5.41) is 4.05. The molecule has 0 radical (unpaired) electrons. The number of sulfonamides is 1. The van der Waals surface area contributed by atoms with E-state index in [1.54, 1.807) is 31.6 Å². The summed E-state index contributed by atoms with van der Waals surface area (Å²) < 4.78 is 29.2. The Morgan fingerprint density at radius 2 is 2.12 bits per heavy atom. The van der Waals surface area contributed by atoms with Gasteiger partial charge in [-0.25, -0.2) is 17.9 Å². The number of hydrogen-bond donors (Lipinski definition) is 1. The average Bonchev–Trinajstić information content (AvgIpc) is 3.09. The third kappa shape index (κ3) is 2.21. The lowest BCUT2D eigenvalue weighted by atomic mass is 10.2. The van der Waals surface area contributed by atoms with Crippen LogP contribution in [0.15, 0.2) is 47.8 Å². The Labute approximate surface area is 137 Å². The molecule has 0 fully saturated rings. The Kier molecular flexibility index (Phi) is 3.07. The number of likely N-dealkylation sites (N-methyl/N-ethyl adjacent to an activating group) is 1. The van der Waals surface area contributed by atoms with Gasteiger partial charge >= 0.3 is 0 Å². The summed E-state index contributed by atoms with van der Waals surface area (Å²) in [6, 6.07) is 6.35. The first-order chi connectivity index (χ1) is 11.5. The number of nitrogens with zero attached hydrogens (tertiary/aromatic N) is 4. The highest BCUT2D eigenvalue weighted by molar-refractivity contribution is 7.92. The minimum absolute atomic E-state index is 0.0562. The number of anilines is 2. The van der Waals surface area contributed by atoms with Crippen molar-refractivity contribution in [2.24, 2.45) is 0 Å². The first kappa shape index (κ1) is 14.6. The van der Waals surface area contributed by atoms with Crippen LogP contribution in [0.2, 0.25) is 0 Å². The zero-order valence-corrected chi connectivity index (χ0v) is 13.5. The molecule has 0 unspecified atom stereocenters. The van der Waals surface area contributed by atoms with Gasteiger partial charge in [0.15, 0.2) is 5.65 Å². The van der Waals surface area contributed by atoms with E-state index in [-0.39, 0.29) is 17.2 Å². The van der Waals surface area contributed by atoms with Crippen LogP contribution < -0.4 is 9.62 Å². The van der Waals surface area contributed by atoms with Crippen molar-refractivity contribution < 1.29 is 13.2 Å². The molecule has 1 aliphatic heterocycles. The van der Waals surface area contributed by atoms with Crippen LogP contribution in [-0.4, -0.2) is 36.0 Å². The van der Waals surface area contributed by atoms with E-state index in [0.29, 0.717) is 16.9 Å². The van der Waals surface area contributed by atoms with Crippen LogP contribution >= 0.6 is 0 Å². The van der Waals surface area contributed by atoms with Crippen LogP contribution in [0.25, 0.3) is 5.65 Å². The van der Waals surface area contributed by atoms with Crippen molar-refractivity contribution in [2.75, 3.05) is 16.7 Å². The Hall–Kier alpha value is -2.94. The maximum Gasteiger partial charge on any atom is 0.262 e. The second-order valence-electron chi connectivity index (χ2n) is 5.47. The van der Waals surface area contributed by atoms with Gasteiger partial charge in [-0.15, -0.1) is 0 Å². The molecule has 9 heteroatoms. The van der Waals surface area contributed by atoms with Gasteiger partial charge in [-0.1, -0.05) is 0 Å². The van der Waals surface area contributed by atoms with E-state index in [4.69, 9.17) is 0 Å². The predicted molar refractivity (Wildman–Crippen MR) is 87.4 cm³/mol. The van der Waals surface area contributed by atoms with E-state index in [9.17, 15) is 13.2 Å². The topological polar surface area (TPSA) is 96.7 Å². The highest BCUT2D eigenvalue weighted by atomic mass is 32.2. The summed E-state index contributed by atoms with van der Waals surface area (Å²) >= 11 is 0. The average molecular weight is 343 g/mol. The molecule has 8 nitrogen and oxygen atoms in total. The SMILES string of the molecule is CN1C(=O)Cc2cc(S(=O)(=O)Nc3cnn4cccnc34)ccc21. The molecule has 0 atom stereocenters. The van der Waals surface area contributed by atoms with Crippen molar-refractivity contribution in [3.8, 4) is 0 Å². The molecule has 122 valence electrons. The smallest absolute Gasteiger partial charge is 0.262 e. The molecule has 4 rings (SSSR count). The molecule has 0 saturated carbocycles. The van der Waals surface area contributed by atoms with Crippen molar-refractivity contribution in [1.82, 2.24) is 14.6 Å². The van der Waals surface area contributed by atoms with Gasteiger partial charge in [0.2, 0.25) is 5.91 Å². The fourth-order valence-electron chi connectivity index (χ4n) is 2.72. The second-order valence-corrected chi connectivity index (χ2v) is 7.15. The lowest BCUT2D eigenvalue weighted by Crippen LogP contribution is -2.20. The molecular weight excluding hydrogens is 330 g/mol. The normalized spacial score (nSPS) is 14.2. The fraction of sp³-hybridized carbons (Fsp3) is 0.133. The van der Waals surface area contributed by atoms with E-state index in [0.717, 1.165) is 5.69 Å². The summed E-state index contributed by atoms with van der Waals surface area (Å²) in [4.78, 5) is 17.5. The molecule has 0 bridgehead atoms. The third-order valence-electron chi connectivity index (χ3n) is 3.96. The van der Waals surface area contributed by atoms with Crippen molar-refractivity contribution in [3.63, 3.8) is 0 Å². The number of fused-ring (bicyclic) bond motifs is 2. The van der Waals surface area contributed by atoms with Crippen LogP contribution in [0.5, 0.6) is 0 Å². The van der Waals surface area contributed by atoms with Crippen molar-refractivity contribution in [3.05, 3.63) is 48.4 Å². The molecule has 3 aromatic rings. The predicted octanol–water partition coefficient (Wildman–Crippen LogP) is 1.05. The summed E-state index contributed by atoms with van der Waals surface area (Å²) in [6.45, 7) is 0. The second kappa shape index (κ2) is 5.03. The molecule has 1 amide bonds. The molecule has 0 spiro atoms. The monoisotopic (exact) mass is 343 g/mol. The number of carbonyl (C=O) groups is 1. The van der Waals surface area contributed by atoms with Gasteiger partial charge in [0.25, 0.3) is 10.0 Å². The summed E-state index contributed by atoms with van der Waals surface area (Å²) in [5.41, 5.74) is 2.14. The van der Waals surface area contributed by atoms with Crippen molar-refractivity contribution in [2.45, 2.75) is 11.3 Å². The molecule has 2 aromatic heterocycles. The Morgan fingerprint density at radius 1 is 1.29 bits per heavy atom. The quantitative estimate of drug-likeness (QED) is 0.767. The lowest BCUT2D eigenvalue weighted by molar-refractivity contribution is -0.117. The third-order valence-corrected chi connectivity index (χ3v) is 5.33. The first-order valence-corrected chi connectivity index (χ1v) is 8.65. The van der Waals surface area contributed by atoms with Crippen LogP contribution in [0, 0.1) is 0 Å². The van der Waals surface area contributed by atoms with Crippen LogP contribution in [0.4, 0.5) is 11.4 Å². The first-order valence-electron chi connectivity index (χ1n) is 7.16. The molecule has 1 N–H and O–H groups in total. The summed E-state index contributed by atoms with van der Waals surface area (Å²) in [7, 11) is -2.13. The van der Waals surface area contributed by atoms with Gasteiger partial charge in [0, 0.05) is 25.1 Å². The van der Waals surface area contributed by atoms with Gasteiger partial charge in [0.05, 0.1) is 17.5 Å². The molecule has 0 saturated heterocycles. The Bertz CT molecular complexity index is 1070. The molecule has 1 aromatic carbocycles. The minimum atomic E-state index is -3.80. The highest BCUT2D eigenvalue weighted by Crippen LogP contribution is 2.30. The Morgan fingerprint density at radius 3 is 2.96 bits per heavy atom. The molecule has 1 aliphatic rings. The molecular formula is C15H13N5O3S. The minimum Gasteiger partial charge on any atom is -0.315 e. The van der Waals surface area contributed by atoms with Gasteiger partial charge < -0.3 is 4.90 Å². The van der Waals surface area contributed by atoms with E-state index >= 15 is 0 Å². The highest BCUT2D eigenvalue weighted by Gasteiger charge is 2.26. The van der Waals surface area contributed by atoms with Crippen LogP contribution in [-0.2, 0) is 21.2 Å². The maximum atomic E-state index is 12.6. The van der Waals surface area contributed by atoms with Gasteiger partial charge in [-0.3, -0.25) is 9.52 Å². The van der Waals surface area contributed by atoms with E-state index in [2.05, 4.69) is 14.8 Å². The zero-order chi connectivity index (χ0) is 16.9. The number of nitrogens with one attached hydrogen (secondary N) is 1. The van der Waals surface area contributed by atoms with Crippen molar-refractivity contribution in [1.29, 1.82) is 0 Å². The number of benzene rings is 1.